The van der Waals surface area contributed by atoms with E-state index in [-0.39, 0.29) is 17.5 Å². The Kier molecular flexibility index (Phi) is 6.02. The van der Waals surface area contributed by atoms with E-state index < -0.39 is 0 Å². The number of rotatable bonds is 5. The first-order valence-electron chi connectivity index (χ1n) is 8.27. The van der Waals surface area contributed by atoms with Gasteiger partial charge in [-0.3, -0.25) is 4.79 Å². The normalized spacial score (nSPS) is 14.0. The monoisotopic (exact) mass is 422 g/mol. The number of amides is 1. The lowest BCUT2D eigenvalue weighted by atomic mass is 10.2. The Morgan fingerprint density at radius 3 is 2.76 bits per heavy atom. The van der Waals surface area contributed by atoms with E-state index in [9.17, 15) is 9.18 Å². The highest BCUT2D eigenvalue weighted by Crippen LogP contribution is 2.32. The number of hydrogen-bond donors (Lipinski definition) is 1. The summed E-state index contributed by atoms with van der Waals surface area (Å²) in [4.78, 5) is 15.5. The molecule has 0 spiro atoms. The molecule has 0 aliphatic carbocycles. The summed E-state index contributed by atoms with van der Waals surface area (Å²) in [5.74, 6) is -0.337. The molecule has 1 fully saturated rings. The first kappa shape index (κ1) is 18.3. The zero-order valence-corrected chi connectivity index (χ0v) is 16.4. The topological polar surface area (TPSA) is 32.3 Å². The molecule has 1 N–H and O–H groups in total. The van der Waals surface area contributed by atoms with Crippen molar-refractivity contribution in [2.24, 2.45) is 0 Å². The quantitative estimate of drug-likeness (QED) is 0.669. The molecule has 1 aliphatic rings. The van der Waals surface area contributed by atoms with Crippen molar-refractivity contribution < 1.29 is 9.18 Å². The standard InChI is InChI=1S/C19H20BrFN2OS/c1-13-11-14(20)7-8-17(13)25-12-18(24)22-19-15(21)5-4-6-16(19)23-9-2-3-10-23/h4-8,11H,2-3,9-10,12H2,1H3,(H,22,24). The molecule has 25 heavy (non-hydrogen) atoms. The van der Waals surface area contributed by atoms with Crippen molar-refractivity contribution in [3.8, 4) is 0 Å². The lowest BCUT2D eigenvalue weighted by Gasteiger charge is -2.22. The molecule has 0 saturated carbocycles. The number of aryl methyl sites for hydroxylation is 1. The highest BCUT2D eigenvalue weighted by atomic mass is 79.9. The number of para-hydroxylation sites is 1. The van der Waals surface area contributed by atoms with Crippen LogP contribution in [0.4, 0.5) is 15.8 Å². The maximum Gasteiger partial charge on any atom is 0.234 e. The molecule has 1 saturated heterocycles. The number of nitrogens with zero attached hydrogens (tertiary/aromatic N) is 1. The third kappa shape index (κ3) is 4.55. The number of thioether (sulfide) groups is 1. The molecular formula is C19H20BrFN2OS. The molecule has 1 aliphatic heterocycles. The average molecular weight is 423 g/mol. The first-order valence-corrected chi connectivity index (χ1v) is 10.0. The van der Waals surface area contributed by atoms with Crippen LogP contribution in [0.1, 0.15) is 18.4 Å². The zero-order chi connectivity index (χ0) is 17.8. The molecule has 0 atom stereocenters. The fourth-order valence-electron chi connectivity index (χ4n) is 2.95. The summed E-state index contributed by atoms with van der Waals surface area (Å²) in [5.41, 5.74) is 2.18. The predicted octanol–water partition coefficient (Wildman–Crippen LogP) is 5.23. The highest BCUT2D eigenvalue weighted by molar-refractivity contribution is 9.10. The molecule has 0 aromatic heterocycles. The summed E-state index contributed by atoms with van der Waals surface area (Å²) in [6.07, 6.45) is 2.20. The minimum Gasteiger partial charge on any atom is -0.370 e. The predicted molar refractivity (Wildman–Crippen MR) is 106 cm³/mol. The second-order valence-electron chi connectivity index (χ2n) is 6.07. The summed E-state index contributed by atoms with van der Waals surface area (Å²) in [7, 11) is 0. The summed E-state index contributed by atoms with van der Waals surface area (Å²) in [6.45, 7) is 3.81. The largest absolute Gasteiger partial charge is 0.370 e. The lowest BCUT2D eigenvalue weighted by Crippen LogP contribution is -2.22. The van der Waals surface area contributed by atoms with Gasteiger partial charge >= 0.3 is 0 Å². The Bertz CT molecular complexity index is 778. The van der Waals surface area contributed by atoms with Crippen LogP contribution in [0.25, 0.3) is 0 Å². The van der Waals surface area contributed by atoms with E-state index in [0.29, 0.717) is 5.69 Å². The van der Waals surface area contributed by atoms with Crippen LogP contribution in [-0.4, -0.2) is 24.7 Å². The van der Waals surface area contributed by atoms with Crippen LogP contribution in [0, 0.1) is 12.7 Å². The van der Waals surface area contributed by atoms with E-state index >= 15 is 0 Å². The van der Waals surface area contributed by atoms with E-state index in [4.69, 9.17) is 0 Å². The highest BCUT2D eigenvalue weighted by Gasteiger charge is 2.19. The number of benzene rings is 2. The van der Waals surface area contributed by atoms with Gasteiger partial charge in [0.25, 0.3) is 0 Å². The Morgan fingerprint density at radius 2 is 2.04 bits per heavy atom. The summed E-state index contributed by atoms with van der Waals surface area (Å²) < 4.78 is 15.3. The van der Waals surface area contributed by atoms with Crippen molar-refractivity contribution in [2.45, 2.75) is 24.7 Å². The molecule has 3 rings (SSSR count). The van der Waals surface area contributed by atoms with Gasteiger partial charge in [-0.25, -0.2) is 4.39 Å². The number of carbonyl (C=O) groups is 1. The van der Waals surface area contributed by atoms with Crippen molar-refractivity contribution in [3.05, 3.63) is 52.3 Å². The van der Waals surface area contributed by atoms with Gasteiger partial charge in [0.2, 0.25) is 5.91 Å². The molecule has 132 valence electrons. The first-order chi connectivity index (χ1) is 12.0. The van der Waals surface area contributed by atoms with Gasteiger partial charge in [-0.15, -0.1) is 11.8 Å². The second kappa shape index (κ2) is 8.23. The van der Waals surface area contributed by atoms with E-state index in [0.717, 1.165) is 46.6 Å². The molecule has 2 aromatic rings. The third-order valence-corrected chi connectivity index (χ3v) is 5.87. The van der Waals surface area contributed by atoms with E-state index in [2.05, 4.69) is 26.1 Å². The number of carbonyl (C=O) groups excluding carboxylic acids is 1. The van der Waals surface area contributed by atoms with Crippen molar-refractivity contribution >= 4 is 45.0 Å². The molecule has 0 bridgehead atoms. The average Bonchev–Trinajstić information content (AvgIpc) is 3.10. The van der Waals surface area contributed by atoms with Crippen molar-refractivity contribution in [3.63, 3.8) is 0 Å². The van der Waals surface area contributed by atoms with Crippen LogP contribution in [0.5, 0.6) is 0 Å². The van der Waals surface area contributed by atoms with Crippen molar-refractivity contribution in [2.75, 3.05) is 29.1 Å². The maximum absolute atomic E-state index is 14.3. The molecule has 3 nitrogen and oxygen atoms in total. The Hall–Kier alpha value is -1.53. The fraction of sp³-hybridized carbons (Fsp3) is 0.316. The number of hydrogen-bond acceptors (Lipinski definition) is 3. The van der Waals surface area contributed by atoms with Crippen LogP contribution < -0.4 is 10.2 Å². The van der Waals surface area contributed by atoms with Gasteiger partial charge in [-0.1, -0.05) is 22.0 Å². The molecule has 0 radical (unpaired) electrons. The molecule has 2 aromatic carbocycles. The number of anilines is 2. The minimum atomic E-state index is -0.387. The van der Waals surface area contributed by atoms with Crippen LogP contribution in [-0.2, 0) is 4.79 Å². The van der Waals surface area contributed by atoms with Gasteiger partial charge in [0, 0.05) is 22.5 Å². The SMILES string of the molecule is Cc1cc(Br)ccc1SCC(=O)Nc1c(F)cccc1N1CCCC1. The molecular weight excluding hydrogens is 403 g/mol. The Balaban J connectivity index is 1.68. The van der Waals surface area contributed by atoms with Crippen LogP contribution in [0.15, 0.2) is 45.8 Å². The maximum atomic E-state index is 14.3. The van der Waals surface area contributed by atoms with Crippen molar-refractivity contribution in [1.82, 2.24) is 0 Å². The molecule has 0 unspecified atom stereocenters. The number of nitrogens with one attached hydrogen (secondary N) is 1. The van der Waals surface area contributed by atoms with Crippen LogP contribution in [0.2, 0.25) is 0 Å². The smallest absolute Gasteiger partial charge is 0.234 e. The summed E-state index contributed by atoms with van der Waals surface area (Å²) in [5, 5.41) is 2.77. The lowest BCUT2D eigenvalue weighted by molar-refractivity contribution is -0.113. The van der Waals surface area contributed by atoms with E-state index in [1.165, 1.54) is 17.8 Å². The summed E-state index contributed by atoms with van der Waals surface area (Å²) >= 11 is 4.89. The van der Waals surface area contributed by atoms with E-state index in [1.807, 2.05) is 31.2 Å². The fourth-order valence-corrected chi connectivity index (χ4v) is 4.24. The molecule has 1 heterocycles. The van der Waals surface area contributed by atoms with Crippen molar-refractivity contribution in [1.29, 1.82) is 0 Å². The van der Waals surface area contributed by atoms with Crippen LogP contribution in [0.3, 0.4) is 0 Å². The van der Waals surface area contributed by atoms with Gasteiger partial charge in [0.05, 0.1) is 11.4 Å². The molecule has 1 amide bonds. The zero-order valence-electron chi connectivity index (χ0n) is 14.0. The van der Waals surface area contributed by atoms with Crippen LogP contribution >= 0.6 is 27.7 Å². The number of halogens is 2. The van der Waals surface area contributed by atoms with Gasteiger partial charge in [0.1, 0.15) is 11.5 Å². The summed E-state index contributed by atoms with van der Waals surface area (Å²) in [6, 6.07) is 10.9. The Morgan fingerprint density at radius 1 is 1.28 bits per heavy atom. The third-order valence-electron chi connectivity index (χ3n) is 4.20. The van der Waals surface area contributed by atoms with Gasteiger partial charge in [-0.05, 0) is 55.7 Å². The van der Waals surface area contributed by atoms with Gasteiger partial charge < -0.3 is 10.2 Å². The Labute approximate surface area is 160 Å². The van der Waals surface area contributed by atoms with Gasteiger partial charge in [-0.2, -0.15) is 0 Å². The van der Waals surface area contributed by atoms with Gasteiger partial charge in [0.15, 0.2) is 0 Å². The second-order valence-corrected chi connectivity index (χ2v) is 8.01. The minimum absolute atomic E-state index is 0.196. The molecule has 6 heteroatoms. The van der Waals surface area contributed by atoms with E-state index in [1.54, 1.807) is 6.07 Å².